The van der Waals surface area contributed by atoms with Gasteiger partial charge < -0.3 is 19.3 Å². The summed E-state index contributed by atoms with van der Waals surface area (Å²) in [6, 6.07) is 0. The summed E-state index contributed by atoms with van der Waals surface area (Å²) in [5.41, 5.74) is 0. The van der Waals surface area contributed by atoms with Gasteiger partial charge in [0.05, 0.1) is 33.0 Å². The summed E-state index contributed by atoms with van der Waals surface area (Å²) >= 11 is 0. The van der Waals surface area contributed by atoms with Crippen LogP contribution in [0.15, 0.2) is 25.3 Å². The zero-order valence-electron chi connectivity index (χ0n) is 17.5. The van der Waals surface area contributed by atoms with Gasteiger partial charge in [-0.2, -0.15) is 0 Å². The molecule has 0 aliphatic carbocycles. The monoisotopic (exact) mass is 396 g/mol. The minimum absolute atomic E-state index is 0.0662. The number of nitrogens with zero attached hydrogens (tertiary/aromatic N) is 2. The lowest BCUT2D eigenvalue weighted by Gasteiger charge is -2.41. The van der Waals surface area contributed by atoms with E-state index in [1.807, 2.05) is 11.8 Å². The van der Waals surface area contributed by atoms with Gasteiger partial charge >= 0.3 is 0 Å². The molecule has 7 heteroatoms. The van der Waals surface area contributed by atoms with Crippen LogP contribution in [-0.2, 0) is 19.1 Å². The Balaban J connectivity index is 2.76. The normalized spacial score (nSPS) is 14.3. The lowest BCUT2D eigenvalue weighted by Crippen LogP contribution is -2.58. The minimum Gasteiger partial charge on any atom is -0.372 e. The van der Waals surface area contributed by atoms with E-state index in [2.05, 4.69) is 18.5 Å². The summed E-state index contributed by atoms with van der Waals surface area (Å²) in [4.78, 5) is 25.7. The van der Waals surface area contributed by atoms with E-state index < -0.39 is 0 Å². The molecule has 160 valence electrons. The number of hydrogen-bond acceptors (Lipinski definition) is 4. The van der Waals surface area contributed by atoms with Crippen molar-refractivity contribution in [3.05, 3.63) is 25.3 Å². The molecule has 28 heavy (non-hydrogen) atoms. The van der Waals surface area contributed by atoms with Gasteiger partial charge in [0.25, 0.3) is 0 Å². The third-order valence-electron chi connectivity index (χ3n) is 4.99. The van der Waals surface area contributed by atoms with Crippen LogP contribution in [0.5, 0.6) is 0 Å². The van der Waals surface area contributed by atoms with E-state index in [1.165, 1.54) is 0 Å². The number of nitrogens with one attached hydrogen (secondary N) is 1. The molecule has 1 aliphatic heterocycles. The minimum atomic E-state index is 0.0662. The van der Waals surface area contributed by atoms with E-state index in [-0.39, 0.29) is 11.8 Å². The zero-order chi connectivity index (χ0) is 20.7. The molecular weight excluding hydrogens is 358 g/mol. The van der Waals surface area contributed by atoms with Crippen LogP contribution in [0.1, 0.15) is 32.6 Å². The molecular formula is C21H38N3O4+. The third-order valence-corrected chi connectivity index (χ3v) is 4.99. The molecule has 0 unspecified atom stereocenters. The molecule has 1 saturated heterocycles. The zero-order valence-corrected chi connectivity index (χ0v) is 17.5. The Kier molecular flexibility index (Phi) is 12.4. The molecule has 0 spiro atoms. The van der Waals surface area contributed by atoms with Crippen LogP contribution in [0.25, 0.3) is 0 Å². The van der Waals surface area contributed by atoms with Crippen LogP contribution in [0.3, 0.4) is 0 Å². The van der Waals surface area contributed by atoms with Gasteiger partial charge in [0, 0.05) is 32.4 Å². The Morgan fingerprint density at radius 1 is 1.18 bits per heavy atom. The Hall–Kier alpha value is -1.70. The van der Waals surface area contributed by atoms with E-state index in [0.29, 0.717) is 57.0 Å². The van der Waals surface area contributed by atoms with Crippen LogP contribution in [0.2, 0.25) is 0 Å². The SMILES string of the molecule is C=CCOCC[N+](CCCNC(=O)CC)(CCOCC=C)CN1CCCC1=O. The molecule has 0 aromatic carbocycles. The van der Waals surface area contributed by atoms with Gasteiger partial charge in [-0.25, -0.2) is 0 Å². The maximum Gasteiger partial charge on any atom is 0.226 e. The van der Waals surface area contributed by atoms with Gasteiger partial charge in [0.1, 0.15) is 13.1 Å². The first-order valence-corrected chi connectivity index (χ1v) is 10.3. The van der Waals surface area contributed by atoms with Crippen LogP contribution >= 0.6 is 0 Å². The van der Waals surface area contributed by atoms with Gasteiger partial charge in [-0.3, -0.25) is 14.5 Å². The van der Waals surface area contributed by atoms with Crippen molar-refractivity contribution >= 4 is 11.8 Å². The number of carbonyl (C=O) groups is 2. The highest BCUT2D eigenvalue weighted by Gasteiger charge is 2.33. The number of ether oxygens (including phenoxy) is 2. The highest BCUT2D eigenvalue weighted by Crippen LogP contribution is 2.17. The van der Waals surface area contributed by atoms with Crippen molar-refractivity contribution in [1.82, 2.24) is 10.2 Å². The molecule has 0 bridgehead atoms. The van der Waals surface area contributed by atoms with E-state index in [4.69, 9.17) is 9.47 Å². The molecule has 7 nitrogen and oxygen atoms in total. The van der Waals surface area contributed by atoms with Gasteiger partial charge in [-0.1, -0.05) is 19.1 Å². The predicted octanol–water partition coefficient (Wildman–Crippen LogP) is 1.70. The highest BCUT2D eigenvalue weighted by molar-refractivity contribution is 5.77. The molecule has 2 amide bonds. The molecule has 0 aromatic heterocycles. The summed E-state index contributed by atoms with van der Waals surface area (Å²) in [6.45, 7) is 16.0. The second kappa shape index (κ2) is 14.3. The summed E-state index contributed by atoms with van der Waals surface area (Å²) < 4.78 is 12.0. The van der Waals surface area contributed by atoms with Crippen molar-refractivity contribution in [2.75, 3.05) is 65.8 Å². The van der Waals surface area contributed by atoms with Crippen molar-refractivity contribution in [3.8, 4) is 0 Å². The first-order valence-electron chi connectivity index (χ1n) is 10.3. The fraction of sp³-hybridized carbons (Fsp3) is 0.714. The molecule has 0 aromatic rings. The second-order valence-corrected chi connectivity index (χ2v) is 7.20. The smallest absolute Gasteiger partial charge is 0.226 e. The van der Waals surface area contributed by atoms with Crippen molar-refractivity contribution in [1.29, 1.82) is 0 Å². The molecule has 1 N–H and O–H groups in total. The molecule has 0 radical (unpaired) electrons. The number of quaternary nitrogens is 1. The number of likely N-dealkylation sites (tertiary alicyclic amines) is 1. The fourth-order valence-corrected chi connectivity index (χ4v) is 3.38. The van der Waals surface area contributed by atoms with Crippen LogP contribution in [0.4, 0.5) is 0 Å². The maximum absolute atomic E-state index is 12.2. The molecule has 0 atom stereocenters. The summed E-state index contributed by atoms with van der Waals surface area (Å²) in [7, 11) is 0. The van der Waals surface area contributed by atoms with E-state index in [0.717, 1.165) is 39.0 Å². The summed E-state index contributed by atoms with van der Waals surface area (Å²) in [5, 5.41) is 2.94. The summed E-state index contributed by atoms with van der Waals surface area (Å²) in [6.07, 6.45) is 6.37. The summed E-state index contributed by atoms with van der Waals surface area (Å²) in [5.74, 6) is 0.289. The van der Waals surface area contributed by atoms with Crippen LogP contribution < -0.4 is 5.32 Å². The van der Waals surface area contributed by atoms with Gasteiger partial charge in [-0.05, 0) is 6.42 Å². The van der Waals surface area contributed by atoms with Gasteiger partial charge in [0.15, 0.2) is 6.67 Å². The molecule has 0 saturated carbocycles. The van der Waals surface area contributed by atoms with E-state index in [9.17, 15) is 9.59 Å². The third kappa shape index (κ3) is 9.48. The van der Waals surface area contributed by atoms with E-state index >= 15 is 0 Å². The lowest BCUT2D eigenvalue weighted by atomic mass is 10.2. The second-order valence-electron chi connectivity index (χ2n) is 7.20. The largest absolute Gasteiger partial charge is 0.372 e. The van der Waals surface area contributed by atoms with Crippen LogP contribution in [0, 0.1) is 0 Å². The lowest BCUT2D eigenvalue weighted by molar-refractivity contribution is -0.936. The fourth-order valence-electron chi connectivity index (χ4n) is 3.38. The van der Waals surface area contributed by atoms with Crippen molar-refractivity contribution in [3.63, 3.8) is 0 Å². The first kappa shape index (κ1) is 24.3. The first-order chi connectivity index (χ1) is 13.6. The van der Waals surface area contributed by atoms with E-state index in [1.54, 1.807) is 12.2 Å². The Morgan fingerprint density at radius 3 is 2.32 bits per heavy atom. The van der Waals surface area contributed by atoms with Crippen molar-refractivity contribution < 1.29 is 23.5 Å². The standard InChI is InChI=1S/C21H37N3O4/c1-4-15-27-17-13-24(14-18-28-16-5-2,12-8-10-22-20(25)6-3)19-23-11-7-9-21(23)26/h4-5H,1-2,6-19H2,3H3/p+1. The van der Waals surface area contributed by atoms with Crippen LogP contribution in [-0.4, -0.2) is 87.0 Å². The highest BCUT2D eigenvalue weighted by atomic mass is 16.5. The Labute approximate surface area is 169 Å². The van der Waals surface area contributed by atoms with Crippen molar-refractivity contribution in [2.45, 2.75) is 32.6 Å². The maximum atomic E-state index is 12.2. The quantitative estimate of drug-likeness (QED) is 0.231. The van der Waals surface area contributed by atoms with Crippen molar-refractivity contribution in [2.24, 2.45) is 0 Å². The Morgan fingerprint density at radius 2 is 1.82 bits per heavy atom. The average molecular weight is 397 g/mol. The number of carbonyl (C=O) groups excluding carboxylic acids is 2. The van der Waals surface area contributed by atoms with Gasteiger partial charge in [-0.15, -0.1) is 13.2 Å². The molecule has 1 rings (SSSR count). The van der Waals surface area contributed by atoms with Gasteiger partial charge in [0.2, 0.25) is 11.8 Å². The number of amides is 2. The molecule has 1 aliphatic rings. The topological polar surface area (TPSA) is 67.9 Å². The number of rotatable bonds is 17. The molecule has 1 heterocycles. The molecule has 1 fully saturated rings. The number of hydrogen-bond donors (Lipinski definition) is 1. The predicted molar refractivity (Wildman–Crippen MR) is 111 cm³/mol. The average Bonchev–Trinajstić information content (AvgIpc) is 3.10. The Bertz CT molecular complexity index is 480.